The summed E-state index contributed by atoms with van der Waals surface area (Å²) >= 11 is 0. The molecule has 2 aliphatic rings. The first-order valence-electron chi connectivity index (χ1n) is 9.67. The van der Waals surface area contributed by atoms with Gasteiger partial charge in [0.1, 0.15) is 17.9 Å². The molecule has 4 rings (SSSR count). The van der Waals surface area contributed by atoms with Gasteiger partial charge >= 0.3 is 0 Å². The van der Waals surface area contributed by atoms with Crippen LogP contribution in [0, 0.1) is 11.6 Å². The van der Waals surface area contributed by atoms with Gasteiger partial charge in [0.05, 0.1) is 0 Å². The maximum atomic E-state index is 14.0. The second-order valence-corrected chi connectivity index (χ2v) is 7.48. The van der Waals surface area contributed by atoms with Crippen molar-refractivity contribution in [2.24, 2.45) is 0 Å². The molecular weight excluding hydrogens is 346 g/mol. The van der Waals surface area contributed by atoms with Gasteiger partial charge < -0.3 is 14.6 Å². The molecule has 0 bridgehead atoms. The Morgan fingerprint density at radius 1 is 1.04 bits per heavy atom. The highest BCUT2D eigenvalue weighted by Crippen LogP contribution is 2.48. The second kappa shape index (κ2) is 7.77. The highest BCUT2D eigenvalue weighted by Gasteiger charge is 2.42. The first-order chi connectivity index (χ1) is 13.2. The van der Waals surface area contributed by atoms with Crippen LogP contribution in [0.25, 0.3) is 0 Å². The number of unbranched alkanes of at least 4 members (excludes halogenated alkanes) is 2. The lowest BCUT2D eigenvalue weighted by Gasteiger charge is -2.39. The number of piperidine rings is 1. The average Bonchev–Trinajstić information content (AvgIpc) is 2.99. The van der Waals surface area contributed by atoms with E-state index in [0.717, 1.165) is 62.1 Å². The number of hydrogen-bond donors (Lipinski definition) is 0. The number of aldehydes is 1. The number of nitrogens with zero attached hydrogens (tertiary/aromatic N) is 2. The zero-order chi connectivity index (χ0) is 18.8. The first-order valence-corrected chi connectivity index (χ1v) is 9.67. The summed E-state index contributed by atoms with van der Waals surface area (Å²) in [6.45, 7) is 2.84. The smallest absolute Gasteiger partial charge is 0.123 e. The molecule has 27 heavy (non-hydrogen) atoms. The van der Waals surface area contributed by atoms with E-state index in [0.29, 0.717) is 6.42 Å². The maximum absolute atomic E-state index is 14.0. The van der Waals surface area contributed by atoms with Gasteiger partial charge in [-0.05, 0) is 73.8 Å². The number of rotatable bonds is 6. The Balaban J connectivity index is 1.59. The van der Waals surface area contributed by atoms with Crippen LogP contribution in [0.15, 0.2) is 42.5 Å². The Morgan fingerprint density at radius 3 is 2.59 bits per heavy atom. The fraction of sp³-hybridized carbons (Fsp3) is 0.409. The fourth-order valence-corrected chi connectivity index (χ4v) is 4.54. The molecule has 2 unspecified atom stereocenters. The van der Waals surface area contributed by atoms with Crippen molar-refractivity contribution < 1.29 is 13.6 Å². The molecule has 0 amide bonds. The summed E-state index contributed by atoms with van der Waals surface area (Å²) in [6.07, 6.45) is 4.50. The van der Waals surface area contributed by atoms with Gasteiger partial charge in [0.15, 0.2) is 0 Å². The van der Waals surface area contributed by atoms with E-state index in [4.69, 9.17) is 0 Å². The van der Waals surface area contributed by atoms with Gasteiger partial charge in [-0.25, -0.2) is 8.78 Å². The van der Waals surface area contributed by atoms with Crippen molar-refractivity contribution >= 4 is 17.7 Å². The predicted molar refractivity (Wildman–Crippen MR) is 102 cm³/mol. The summed E-state index contributed by atoms with van der Waals surface area (Å²) < 4.78 is 27.4. The van der Waals surface area contributed by atoms with Crippen molar-refractivity contribution in [3.05, 3.63) is 59.7 Å². The Morgan fingerprint density at radius 2 is 1.81 bits per heavy atom. The Kier molecular flexibility index (Phi) is 5.21. The number of hydrogen-bond acceptors (Lipinski definition) is 3. The standard InChI is InChI=1S/C22H24F2N2O/c23-16-4-7-18(8-5-16)26-21-9-6-17(24)14-19(21)20-15-25(12-10-22(20)26)11-2-1-3-13-27/h4-9,13-14,20,22H,1-3,10-12,15H2. The molecule has 142 valence electrons. The summed E-state index contributed by atoms with van der Waals surface area (Å²) in [5.41, 5.74) is 3.03. The summed E-state index contributed by atoms with van der Waals surface area (Å²) in [5.74, 6) is -0.226. The molecule has 1 saturated heterocycles. The van der Waals surface area contributed by atoms with Gasteiger partial charge in [-0.1, -0.05) is 0 Å². The van der Waals surface area contributed by atoms with Gasteiger partial charge in [-0.15, -0.1) is 0 Å². The van der Waals surface area contributed by atoms with Crippen LogP contribution < -0.4 is 4.90 Å². The number of benzene rings is 2. The van der Waals surface area contributed by atoms with Gasteiger partial charge in [0.2, 0.25) is 0 Å². The van der Waals surface area contributed by atoms with E-state index in [1.54, 1.807) is 18.2 Å². The minimum Gasteiger partial charge on any atom is -0.337 e. The van der Waals surface area contributed by atoms with Crippen molar-refractivity contribution in [2.45, 2.75) is 37.6 Å². The van der Waals surface area contributed by atoms with Gasteiger partial charge in [0.25, 0.3) is 0 Å². The normalized spacial score (nSPS) is 21.8. The summed E-state index contributed by atoms with van der Waals surface area (Å²) in [5, 5.41) is 0. The van der Waals surface area contributed by atoms with Crippen LogP contribution in [0.5, 0.6) is 0 Å². The molecule has 1 fully saturated rings. The van der Waals surface area contributed by atoms with Crippen LogP contribution in [-0.4, -0.2) is 36.9 Å². The molecule has 2 atom stereocenters. The molecule has 5 heteroatoms. The molecule has 2 heterocycles. The van der Waals surface area contributed by atoms with E-state index in [1.807, 2.05) is 6.07 Å². The minimum atomic E-state index is -0.251. The van der Waals surface area contributed by atoms with Crippen LogP contribution in [0.1, 0.15) is 37.2 Å². The van der Waals surface area contributed by atoms with Crippen LogP contribution in [-0.2, 0) is 4.79 Å². The molecule has 2 aromatic carbocycles. The Hall–Kier alpha value is -2.27. The zero-order valence-electron chi connectivity index (χ0n) is 15.3. The molecule has 0 aliphatic carbocycles. The zero-order valence-corrected chi connectivity index (χ0v) is 15.3. The van der Waals surface area contributed by atoms with Gasteiger partial charge in [-0.2, -0.15) is 0 Å². The summed E-state index contributed by atoms with van der Waals surface area (Å²) in [7, 11) is 0. The Bertz CT molecular complexity index is 808. The SMILES string of the molecule is O=CCCCCN1CCC2C(C1)c1cc(F)ccc1N2c1ccc(F)cc1. The largest absolute Gasteiger partial charge is 0.337 e. The van der Waals surface area contributed by atoms with Crippen molar-refractivity contribution in [3.8, 4) is 0 Å². The van der Waals surface area contributed by atoms with Crippen molar-refractivity contribution in [1.82, 2.24) is 4.90 Å². The average molecular weight is 370 g/mol. The topological polar surface area (TPSA) is 23.6 Å². The molecule has 0 N–H and O–H groups in total. The van der Waals surface area contributed by atoms with Crippen molar-refractivity contribution in [2.75, 3.05) is 24.5 Å². The molecule has 2 aromatic rings. The maximum Gasteiger partial charge on any atom is 0.123 e. The van der Waals surface area contributed by atoms with Crippen LogP contribution >= 0.6 is 0 Å². The number of halogens is 2. The van der Waals surface area contributed by atoms with Crippen LogP contribution in [0.3, 0.4) is 0 Å². The summed E-state index contributed by atoms with van der Waals surface area (Å²) in [6, 6.07) is 11.8. The number of carbonyl (C=O) groups is 1. The Labute approximate surface area is 158 Å². The van der Waals surface area contributed by atoms with E-state index in [-0.39, 0.29) is 23.6 Å². The number of carbonyl (C=O) groups excluding carboxylic acids is 1. The second-order valence-electron chi connectivity index (χ2n) is 7.48. The molecule has 2 aliphatic heterocycles. The monoisotopic (exact) mass is 370 g/mol. The third-order valence-electron chi connectivity index (χ3n) is 5.79. The van der Waals surface area contributed by atoms with Crippen LogP contribution in [0.2, 0.25) is 0 Å². The molecule has 0 saturated carbocycles. The van der Waals surface area contributed by atoms with Crippen molar-refractivity contribution in [3.63, 3.8) is 0 Å². The highest BCUT2D eigenvalue weighted by atomic mass is 19.1. The number of anilines is 2. The van der Waals surface area contributed by atoms with E-state index in [2.05, 4.69) is 9.80 Å². The number of fused-ring (bicyclic) bond motifs is 3. The van der Waals surface area contributed by atoms with E-state index in [9.17, 15) is 13.6 Å². The summed E-state index contributed by atoms with van der Waals surface area (Å²) in [4.78, 5) is 15.2. The third-order valence-corrected chi connectivity index (χ3v) is 5.79. The lowest BCUT2D eigenvalue weighted by atomic mass is 9.89. The molecule has 0 radical (unpaired) electrons. The third kappa shape index (κ3) is 3.61. The van der Waals surface area contributed by atoms with Gasteiger partial charge in [-0.3, -0.25) is 0 Å². The number of likely N-dealkylation sites (tertiary alicyclic amines) is 1. The lowest BCUT2D eigenvalue weighted by Crippen LogP contribution is -2.45. The predicted octanol–water partition coefficient (Wildman–Crippen LogP) is 4.64. The molecular formula is C22H24F2N2O. The lowest BCUT2D eigenvalue weighted by molar-refractivity contribution is -0.107. The minimum absolute atomic E-state index is 0.212. The molecule has 0 spiro atoms. The first kappa shape index (κ1) is 18.1. The van der Waals surface area contributed by atoms with Gasteiger partial charge in [0, 0.05) is 42.8 Å². The highest BCUT2D eigenvalue weighted by molar-refractivity contribution is 5.73. The quantitative estimate of drug-likeness (QED) is 0.547. The van der Waals surface area contributed by atoms with E-state index >= 15 is 0 Å². The molecule has 0 aromatic heterocycles. The van der Waals surface area contributed by atoms with Crippen LogP contribution in [0.4, 0.5) is 20.2 Å². The van der Waals surface area contributed by atoms with E-state index in [1.165, 1.54) is 18.2 Å². The van der Waals surface area contributed by atoms with Crippen molar-refractivity contribution in [1.29, 1.82) is 0 Å². The molecule has 3 nitrogen and oxygen atoms in total. The van der Waals surface area contributed by atoms with E-state index < -0.39 is 0 Å². The fourth-order valence-electron chi connectivity index (χ4n) is 4.54.